The van der Waals surface area contributed by atoms with Gasteiger partial charge in [0.15, 0.2) is 0 Å². The third kappa shape index (κ3) is 2.77. The first-order valence-electron chi connectivity index (χ1n) is 6.95. The Kier molecular flexibility index (Phi) is 4.47. The summed E-state index contributed by atoms with van der Waals surface area (Å²) in [5.41, 5.74) is 7.82. The molecule has 0 radical (unpaired) electrons. The van der Waals surface area contributed by atoms with Gasteiger partial charge in [0.25, 0.3) is 0 Å². The Labute approximate surface area is 109 Å². The van der Waals surface area contributed by atoms with E-state index < -0.39 is 0 Å². The molecule has 5 heteroatoms. The zero-order valence-corrected chi connectivity index (χ0v) is 11.4. The van der Waals surface area contributed by atoms with E-state index in [-0.39, 0.29) is 0 Å². The van der Waals surface area contributed by atoms with Crippen molar-refractivity contribution in [3.8, 4) is 0 Å². The van der Waals surface area contributed by atoms with Gasteiger partial charge in [0.05, 0.1) is 11.4 Å². The molecular formula is C13H23N5. The second-order valence-corrected chi connectivity index (χ2v) is 4.88. The highest BCUT2D eigenvalue weighted by Crippen LogP contribution is 2.20. The predicted molar refractivity (Wildman–Crippen MR) is 72.6 cm³/mol. The maximum atomic E-state index is 5.71. The third-order valence-corrected chi connectivity index (χ3v) is 3.73. The fraction of sp³-hybridized carbons (Fsp3) is 0.769. The zero-order valence-electron chi connectivity index (χ0n) is 11.4. The third-order valence-electron chi connectivity index (χ3n) is 3.73. The van der Waals surface area contributed by atoms with Gasteiger partial charge in [-0.2, -0.15) is 5.10 Å². The largest absolute Gasteiger partial charge is 0.340 e. The van der Waals surface area contributed by atoms with Crippen molar-refractivity contribution in [2.24, 2.45) is 11.7 Å². The standard InChI is InChI=1S/C13H23N5/c1-3-11-12(4-2)16-17-13(15-11)18-7-5-10(9-14)6-8-18/h10H,3-9,14H2,1-2H3. The first-order valence-corrected chi connectivity index (χ1v) is 6.95. The van der Waals surface area contributed by atoms with Gasteiger partial charge in [-0.25, -0.2) is 4.98 Å². The van der Waals surface area contributed by atoms with Crippen LogP contribution in [-0.4, -0.2) is 34.8 Å². The van der Waals surface area contributed by atoms with Gasteiger partial charge in [0, 0.05) is 13.1 Å². The van der Waals surface area contributed by atoms with Crippen LogP contribution in [0.2, 0.25) is 0 Å². The molecule has 2 N–H and O–H groups in total. The Morgan fingerprint density at radius 3 is 2.33 bits per heavy atom. The molecule has 0 aliphatic carbocycles. The molecule has 0 amide bonds. The van der Waals surface area contributed by atoms with Crippen molar-refractivity contribution >= 4 is 5.95 Å². The van der Waals surface area contributed by atoms with Crippen molar-refractivity contribution in [1.82, 2.24) is 15.2 Å². The highest BCUT2D eigenvalue weighted by atomic mass is 15.3. The smallest absolute Gasteiger partial charge is 0.245 e. The molecule has 0 unspecified atom stereocenters. The number of aryl methyl sites for hydroxylation is 2. The quantitative estimate of drug-likeness (QED) is 0.867. The number of hydrogen-bond donors (Lipinski definition) is 1. The monoisotopic (exact) mass is 249 g/mol. The van der Waals surface area contributed by atoms with Gasteiger partial charge in [-0.1, -0.05) is 13.8 Å². The maximum absolute atomic E-state index is 5.71. The number of piperidine rings is 1. The highest BCUT2D eigenvalue weighted by molar-refractivity contribution is 5.31. The molecule has 0 spiro atoms. The number of hydrogen-bond acceptors (Lipinski definition) is 5. The van der Waals surface area contributed by atoms with Gasteiger partial charge in [-0.05, 0) is 38.1 Å². The van der Waals surface area contributed by atoms with Crippen LogP contribution in [0.5, 0.6) is 0 Å². The molecule has 0 saturated carbocycles. The van der Waals surface area contributed by atoms with Crippen LogP contribution in [0, 0.1) is 5.92 Å². The summed E-state index contributed by atoms with van der Waals surface area (Å²) in [4.78, 5) is 6.89. The van der Waals surface area contributed by atoms with Gasteiger partial charge < -0.3 is 10.6 Å². The molecule has 1 saturated heterocycles. The Morgan fingerprint density at radius 2 is 1.78 bits per heavy atom. The second-order valence-electron chi connectivity index (χ2n) is 4.88. The summed E-state index contributed by atoms with van der Waals surface area (Å²) in [7, 11) is 0. The lowest BCUT2D eigenvalue weighted by Crippen LogP contribution is -2.37. The summed E-state index contributed by atoms with van der Waals surface area (Å²) in [6.45, 7) is 7.00. The van der Waals surface area contributed by atoms with Gasteiger partial charge in [-0.3, -0.25) is 0 Å². The summed E-state index contributed by atoms with van der Waals surface area (Å²) < 4.78 is 0. The average Bonchev–Trinajstić information content (AvgIpc) is 2.46. The van der Waals surface area contributed by atoms with Gasteiger partial charge in [0.1, 0.15) is 0 Å². The molecule has 1 aromatic rings. The van der Waals surface area contributed by atoms with Gasteiger partial charge >= 0.3 is 0 Å². The van der Waals surface area contributed by atoms with Gasteiger partial charge in [-0.15, -0.1) is 5.10 Å². The van der Waals surface area contributed by atoms with E-state index in [9.17, 15) is 0 Å². The van der Waals surface area contributed by atoms with Crippen molar-refractivity contribution < 1.29 is 0 Å². The summed E-state index contributed by atoms with van der Waals surface area (Å²) in [6.07, 6.45) is 4.09. The Hall–Kier alpha value is -1.23. The lowest BCUT2D eigenvalue weighted by Gasteiger charge is -2.31. The SMILES string of the molecule is CCc1nnc(N2CCC(CN)CC2)nc1CC. The fourth-order valence-electron chi connectivity index (χ4n) is 2.43. The molecule has 18 heavy (non-hydrogen) atoms. The van der Waals surface area contributed by atoms with E-state index in [2.05, 4.69) is 33.9 Å². The van der Waals surface area contributed by atoms with Crippen LogP contribution < -0.4 is 10.6 Å². The van der Waals surface area contributed by atoms with Crippen molar-refractivity contribution in [3.05, 3.63) is 11.4 Å². The van der Waals surface area contributed by atoms with E-state index in [1.54, 1.807) is 0 Å². The fourth-order valence-corrected chi connectivity index (χ4v) is 2.43. The van der Waals surface area contributed by atoms with Gasteiger partial charge in [0.2, 0.25) is 5.95 Å². The lowest BCUT2D eigenvalue weighted by molar-refractivity contribution is 0.410. The minimum atomic E-state index is 0.662. The first-order chi connectivity index (χ1) is 8.78. The van der Waals surface area contributed by atoms with E-state index in [0.717, 1.165) is 62.7 Å². The van der Waals surface area contributed by atoms with Crippen molar-refractivity contribution in [3.63, 3.8) is 0 Å². The van der Waals surface area contributed by atoms with Crippen LogP contribution in [0.4, 0.5) is 5.95 Å². The zero-order chi connectivity index (χ0) is 13.0. The van der Waals surface area contributed by atoms with Crippen molar-refractivity contribution in [1.29, 1.82) is 0 Å². The average molecular weight is 249 g/mol. The normalized spacial score (nSPS) is 17.2. The Bertz CT molecular complexity index is 385. The molecule has 1 aliphatic rings. The molecule has 100 valence electrons. The minimum absolute atomic E-state index is 0.662. The Morgan fingerprint density at radius 1 is 1.11 bits per heavy atom. The topological polar surface area (TPSA) is 67.9 Å². The van der Waals surface area contributed by atoms with Crippen LogP contribution in [-0.2, 0) is 12.8 Å². The van der Waals surface area contributed by atoms with E-state index >= 15 is 0 Å². The van der Waals surface area contributed by atoms with Crippen LogP contribution in [0.15, 0.2) is 0 Å². The molecule has 1 aromatic heterocycles. The summed E-state index contributed by atoms with van der Waals surface area (Å²) in [5.74, 6) is 1.45. The molecule has 0 bridgehead atoms. The number of aromatic nitrogens is 3. The molecular weight excluding hydrogens is 226 g/mol. The minimum Gasteiger partial charge on any atom is -0.340 e. The molecule has 5 nitrogen and oxygen atoms in total. The summed E-state index contributed by atoms with van der Waals surface area (Å²) >= 11 is 0. The number of nitrogens with two attached hydrogens (primary N) is 1. The number of rotatable bonds is 4. The van der Waals surface area contributed by atoms with Crippen LogP contribution in [0.25, 0.3) is 0 Å². The molecule has 1 aliphatic heterocycles. The molecule has 0 atom stereocenters. The van der Waals surface area contributed by atoms with Crippen LogP contribution in [0.3, 0.4) is 0 Å². The van der Waals surface area contributed by atoms with E-state index in [1.165, 1.54) is 0 Å². The maximum Gasteiger partial charge on any atom is 0.245 e. The predicted octanol–water partition coefficient (Wildman–Crippen LogP) is 1.17. The van der Waals surface area contributed by atoms with Crippen molar-refractivity contribution in [2.75, 3.05) is 24.5 Å². The second kappa shape index (κ2) is 6.09. The highest BCUT2D eigenvalue weighted by Gasteiger charge is 2.20. The summed E-state index contributed by atoms with van der Waals surface area (Å²) in [6, 6.07) is 0. The summed E-state index contributed by atoms with van der Waals surface area (Å²) in [5, 5.41) is 8.57. The Balaban J connectivity index is 2.09. The molecule has 0 aromatic carbocycles. The van der Waals surface area contributed by atoms with E-state index in [4.69, 9.17) is 5.73 Å². The molecule has 1 fully saturated rings. The number of nitrogens with zero attached hydrogens (tertiary/aromatic N) is 4. The van der Waals surface area contributed by atoms with Crippen molar-refractivity contribution in [2.45, 2.75) is 39.5 Å². The van der Waals surface area contributed by atoms with E-state index in [1.807, 2.05) is 0 Å². The number of anilines is 1. The lowest BCUT2D eigenvalue weighted by atomic mass is 9.97. The van der Waals surface area contributed by atoms with E-state index in [0.29, 0.717) is 5.92 Å². The van der Waals surface area contributed by atoms with Crippen LogP contribution >= 0.6 is 0 Å². The molecule has 2 rings (SSSR count). The molecule has 2 heterocycles. The first kappa shape index (κ1) is 13.2. The van der Waals surface area contributed by atoms with Crippen LogP contribution in [0.1, 0.15) is 38.1 Å².